The minimum absolute atomic E-state index is 0.0301. The maximum Gasteiger partial charge on any atom is 0.157 e. The van der Waals surface area contributed by atoms with Gasteiger partial charge in [0.05, 0.1) is 17.2 Å². The standard InChI is InChI=1S/C16H19NO3S/c1-13-5-4-6-14(11-13)12-21(18,19)10-9-20-16-8-3-2-7-15(16)17/h2-8,11H,9-10,12,17H2,1H3. The summed E-state index contributed by atoms with van der Waals surface area (Å²) < 4.78 is 29.6. The number of hydrogen-bond donors (Lipinski definition) is 1. The second-order valence-corrected chi connectivity index (χ2v) is 7.15. The summed E-state index contributed by atoms with van der Waals surface area (Å²) in [6.45, 7) is 2.04. The van der Waals surface area contributed by atoms with Crippen molar-refractivity contribution < 1.29 is 13.2 Å². The van der Waals surface area contributed by atoms with Crippen molar-refractivity contribution in [3.8, 4) is 5.75 Å². The van der Waals surface area contributed by atoms with Gasteiger partial charge in [-0.2, -0.15) is 0 Å². The molecular formula is C16H19NO3S. The van der Waals surface area contributed by atoms with Gasteiger partial charge >= 0.3 is 0 Å². The molecular weight excluding hydrogens is 286 g/mol. The first-order valence-electron chi connectivity index (χ1n) is 6.69. The van der Waals surface area contributed by atoms with E-state index in [0.29, 0.717) is 11.4 Å². The maximum absolute atomic E-state index is 12.1. The van der Waals surface area contributed by atoms with E-state index < -0.39 is 9.84 Å². The summed E-state index contributed by atoms with van der Waals surface area (Å²) in [7, 11) is -3.20. The van der Waals surface area contributed by atoms with Crippen LogP contribution >= 0.6 is 0 Å². The predicted octanol–water partition coefficient (Wildman–Crippen LogP) is 2.57. The van der Waals surface area contributed by atoms with Gasteiger partial charge in [0.15, 0.2) is 9.84 Å². The fourth-order valence-electron chi connectivity index (χ4n) is 2.02. The Hall–Kier alpha value is -2.01. The molecule has 0 aliphatic carbocycles. The number of ether oxygens (including phenoxy) is 1. The predicted molar refractivity (Wildman–Crippen MR) is 85.0 cm³/mol. The summed E-state index contributed by atoms with van der Waals surface area (Å²) in [5, 5.41) is 0. The zero-order chi connectivity index (χ0) is 15.3. The lowest BCUT2D eigenvalue weighted by atomic mass is 10.2. The molecule has 2 aromatic carbocycles. The Labute approximate surface area is 125 Å². The van der Waals surface area contributed by atoms with Gasteiger partial charge in [-0.3, -0.25) is 0 Å². The Morgan fingerprint density at radius 2 is 1.86 bits per heavy atom. The van der Waals surface area contributed by atoms with Crippen molar-refractivity contribution in [3.63, 3.8) is 0 Å². The molecule has 2 rings (SSSR count). The van der Waals surface area contributed by atoms with Crippen LogP contribution in [-0.4, -0.2) is 20.8 Å². The molecule has 0 amide bonds. The van der Waals surface area contributed by atoms with Crippen LogP contribution < -0.4 is 10.5 Å². The highest BCUT2D eigenvalue weighted by Crippen LogP contribution is 2.19. The summed E-state index contributed by atoms with van der Waals surface area (Å²) >= 11 is 0. The van der Waals surface area contributed by atoms with Gasteiger partial charge in [0, 0.05) is 0 Å². The molecule has 0 radical (unpaired) electrons. The van der Waals surface area contributed by atoms with E-state index in [1.54, 1.807) is 24.3 Å². The minimum Gasteiger partial charge on any atom is -0.490 e. The molecule has 0 spiro atoms. The lowest BCUT2D eigenvalue weighted by Crippen LogP contribution is -2.16. The van der Waals surface area contributed by atoms with Crippen molar-refractivity contribution >= 4 is 15.5 Å². The van der Waals surface area contributed by atoms with Gasteiger partial charge in [-0.05, 0) is 24.6 Å². The first-order chi connectivity index (χ1) is 9.96. The fourth-order valence-corrected chi connectivity index (χ4v) is 3.19. The van der Waals surface area contributed by atoms with E-state index in [2.05, 4.69) is 0 Å². The first kappa shape index (κ1) is 15.4. The number of rotatable bonds is 6. The zero-order valence-electron chi connectivity index (χ0n) is 12.0. The summed E-state index contributed by atoms with van der Waals surface area (Å²) in [5.41, 5.74) is 8.10. The lowest BCUT2D eigenvalue weighted by molar-refractivity contribution is 0.342. The molecule has 0 aliphatic heterocycles. The Morgan fingerprint density at radius 3 is 2.57 bits per heavy atom. The van der Waals surface area contributed by atoms with Crippen LogP contribution in [0.15, 0.2) is 48.5 Å². The first-order valence-corrected chi connectivity index (χ1v) is 8.52. The average Bonchev–Trinajstić information content (AvgIpc) is 2.40. The van der Waals surface area contributed by atoms with E-state index in [-0.39, 0.29) is 18.1 Å². The quantitative estimate of drug-likeness (QED) is 0.833. The molecule has 0 bridgehead atoms. The molecule has 0 atom stereocenters. The van der Waals surface area contributed by atoms with E-state index in [1.807, 2.05) is 31.2 Å². The average molecular weight is 305 g/mol. The number of nitrogen functional groups attached to an aromatic ring is 1. The van der Waals surface area contributed by atoms with E-state index >= 15 is 0 Å². The summed E-state index contributed by atoms with van der Waals surface area (Å²) in [6.07, 6.45) is 0. The second-order valence-electron chi connectivity index (χ2n) is 4.97. The van der Waals surface area contributed by atoms with Gasteiger partial charge in [0.1, 0.15) is 12.4 Å². The molecule has 0 heterocycles. The Morgan fingerprint density at radius 1 is 1.10 bits per heavy atom. The Kier molecular flexibility index (Phi) is 4.85. The number of para-hydroxylation sites is 2. The normalized spacial score (nSPS) is 11.3. The van der Waals surface area contributed by atoms with Gasteiger partial charge in [-0.15, -0.1) is 0 Å². The number of sulfone groups is 1. The van der Waals surface area contributed by atoms with Crippen molar-refractivity contribution in [2.75, 3.05) is 18.1 Å². The number of aryl methyl sites for hydroxylation is 1. The van der Waals surface area contributed by atoms with Gasteiger partial charge in [0.2, 0.25) is 0 Å². The third-order valence-electron chi connectivity index (χ3n) is 3.04. The molecule has 0 fully saturated rings. The van der Waals surface area contributed by atoms with Gasteiger partial charge in [-0.25, -0.2) is 8.42 Å². The Balaban J connectivity index is 1.91. The third kappa shape index (κ3) is 4.79. The van der Waals surface area contributed by atoms with Crippen molar-refractivity contribution in [3.05, 3.63) is 59.7 Å². The van der Waals surface area contributed by atoms with Crippen molar-refractivity contribution in [2.24, 2.45) is 0 Å². The van der Waals surface area contributed by atoms with E-state index in [9.17, 15) is 8.42 Å². The topological polar surface area (TPSA) is 69.4 Å². The van der Waals surface area contributed by atoms with Crippen LogP contribution in [0.5, 0.6) is 5.75 Å². The number of hydrogen-bond acceptors (Lipinski definition) is 4. The molecule has 2 aromatic rings. The smallest absolute Gasteiger partial charge is 0.157 e. The number of anilines is 1. The van der Waals surface area contributed by atoms with Gasteiger partial charge in [0.25, 0.3) is 0 Å². The molecule has 112 valence electrons. The fraction of sp³-hybridized carbons (Fsp3) is 0.250. The van der Waals surface area contributed by atoms with Crippen LogP contribution in [-0.2, 0) is 15.6 Å². The largest absolute Gasteiger partial charge is 0.490 e. The minimum atomic E-state index is -3.20. The monoisotopic (exact) mass is 305 g/mol. The second kappa shape index (κ2) is 6.63. The van der Waals surface area contributed by atoms with Crippen LogP contribution in [0.2, 0.25) is 0 Å². The molecule has 0 aliphatic rings. The molecule has 0 unspecified atom stereocenters. The Bertz CT molecular complexity index is 711. The highest BCUT2D eigenvalue weighted by Gasteiger charge is 2.13. The van der Waals surface area contributed by atoms with E-state index in [4.69, 9.17) is 10.5 Å². The molecule has 5 heteroatoms. The van der Waals surface area contributed by atoms with Gasteiger partial charge in [-0.1, -0.05) is 42.0 Å². The van der Waals surface area contributed by atoms with Crippen molar-refractivity contribution in [1.29, 1.82) is 0 Å². The van der Waals surface area contributed by atoms with Crippen molar-refractivity contribution in [2.45, 2.75) is 12.7 Å². The van der Waals surface area contributed by atoms with Crippen LogP contribution in [0.25, 0.3) is 0 Å². The van der Waals surface area contributed by atoms with Crippen LogP contribution in [0, 0.1) is 6.92 Å². The van der Waals surface area contributed by atoms with Crippen molar-refractivity contribution in [1.82, 2.24) is 0 Å². The third-order valence-corrected chi connectivity index (χ3v) is 4.60. The lowest BCUT2D eigenvalue weighted by Gasteiger charge is -2.09. The van der Waals surface area contributed by atoms with E-state index in [0.717, 1.165) is 11.1 Å². The highest BCUT2D eigenvalue weighted by molar-refractivity contribution is 7.90. The van der Waals surface area contributed by atoms with Crippen LogP contribution in [0.3, 0.4) is 0 Å². The van der Waals surface area contributed by atoms with Crippen LogP contribution in [0.4, 0.5) is 5.69 Å². The maximum atomic E-state index is 12.1. The van der Waals surface area contributed by atoms with E-state index in [1.165, 1.54) is 0 Å². The SMILES string of the molecule is Cc1cccc(CS(=O)(=O)CCOc2ccccc2N)c1. The van der Waals surface area contributed by atoms with Gasteiger partial charge < -0.3 is 10.5 Å². The molecule has 21 heavy (non-hydrogen) atoms. The summed E-state index contributed by atoms with van der Waals surface area (Å²) in [5.74, 6) is 0.515. The summed E-state index contributed by atoms with van der Waals surface area (Å²) in [6, 6.07) is 14.6. The molecule has 4 nitrogen and oxygen atoms in total. The molecule has 2 N–H and O–H groups in total. The summed E-state index contributed by atoms with van der Waals surface area (Å²) in [4.78, 5) is 0. The highest BCUT2D eigenvalue weighted by atomic mass is 32.2. The number of nitrogens with two attached hydrogens (primary N) is 1. The molecule has 0 aromatic heterocycles. The number of benzene rings is 2. The van der Waals surface area contributed by atoms with Crippen LogP contribution in [0.1, 0.15) is 11.1 Å². The molecule has 0 saturated carbocycles. The molecule has 0 saturated heterocycles. The zero-order valence-corrected chi connectivity index (χ0v) is 12.8.